The third kappa shape index (κ3) is 2.72. The Balaban J connectivity index is 2.22. The number of rotatable bonds is 3. The zero-order chi connectivity index (χ0) is 17.3. The van der Waals surface area contributed by atoms with Crippen LogP contribution in [0.3, 0.4) is 0 Å². The maximum atomic E-state index is 12.4. The van der Waals surface area contributed by atoms with Gasteiger partial charge in [0, 0.05) is 6.92 Å². The highest BCUT2D eigenvalue weighted by Crippen LogP contribution is 2.18. The molecule has 0 atom stereocenters. The number of H-pyrrole nitrogens is 1. The molecule has 0 radical (unpaired) electrons. The van der Waals surface area contributed by atoms with Gasteiger partial charge in [0.05, 0.1) is 5.56 Å². The third-order valence-electron chi connectivity index (χ3n) is 3.99. The van der Waals surface area contributed by atoms with Gasteiger partial charge in [-0.15, -0.1) is 0 Å². The van der Waals surface area contributed by atoms with Gasteiger partial charge in [-0.3, -0.25) is 0 Å². The Bertz CT molecular complexity index is 958. The smallest absolute Gasteiger partial charge is 0.343 e. The Labute approximate surface area is 138 Å². The molecule has 0 unspecified atom stereocenters. The summed E-state index contributed by atoms with van der Waals surface area (Å²) in [6, 6.07) is 16.0. The zero-order valence-electron chi connectivity index (χ0n) is 13.4. The quantitative estimate of drug-likeness (QED) is 0.728. The van der Waals surface area contributed by atoms with Crippen LogP contribution in [0.1, 0.15) is 21.9 Å². The molecule has 0 saturated carbocycles. The van der Waals surface area contributed by atoms with Crippen LogP contribution < -0.4 is 10.1 Å². The van der Waals surface area contributed by atoms with Crippen molar-refractivity contribution >= 4 is 5.97 Å². The lowest BCUT2D eigenvalue weighted by atomic mass is 10.1. The maximum Gasteiger partial charge on any atom is 0.343 e. The Morgan fingerprint density at radius 3 is 2.21 bits per heavy atom. The lowest BCUT2D eigenvalue weighted by Gasteiger charge is -2.10. The van der Waals surface area contributed by atoms with Crippen LogP contribution in [0.4, 0.5) is 0 Å². The summed E-state index contributed by atoms with van der Waals surface area (Å²) in [5.41, 5.74) is 3.11. The number of nitrogens with one attached hydrogen (secondary N) is 1. The number of aryl methyl sites for hydroxylation is 1. The second-order valence-electron chi connectivity index (χ2n) is 5.55. The van der Waals surface area contributed by atoms with Crippen molar-refractivity contribution in [3.63, 3.8) is 0 Å². The van der Waals surface area contributed by atoms with Gasteiger partial charge in [0.1, 0.15) is 16.9 Å². The number of aromatic nitrogens is 2. The lowest BCUT2D eigenvalue weighted by molar-refractivity contribution is -0.612. The molecule has 0 spiro atoms. The molecule has 24 heavy (non-hydrogen) atoms. The topological polar surface area (TPSA) is 74.0 Å². The van der Waals surface area contributed by atoms with Crippen LogP contribution in [0, 0.1) is 13.8 Å². The highest BCUT2D eigenvalue weighted by atomic mass is 16.4. The van der Waals surface area contributed by atoms with E-state index in [-0.39, 0.29) is 11.1 Å². The molecule has 0 aliphatic carbocycles. The highest BCUT2D eigenvalue weighted by Gasteiger charge is 2.20. The zero-order valence-corrected chi connectivity index (χ0v) is 13.4. The second kappa shape index (κ2) is 6.12. The van der Waals surface area contributed by atoms with E-state index in [1.54, 1.807) is 24.3 Å². The first-order chi connectivity index (χ1) is 11.5. The molecule has 0 aliphatic heterocycles. The van der Waals surface area contributed by atoms with E-state index in [1.807, 2.05) is 48.7 Å². The average Bonchev–Trinajstić information content (AvgIpc) is 2.56. The molecule has 0 bridgehead atoms. The van der Waals surface area contributed by atoms with Gasteiger partial charge >= 0.3 is 11.5 Å². The Morgan fingerprint density at radius 1 is 1.00 bits per heavy atom. The van der Waals surface area contributed by atoms with E-state index in [1.165, 1.54) is 0 Å². The number of nitrogens with zero attached hydrogens (tertiary/aromatic N) is 1. The van der Waals surface area contributed by atoms with E-state index in [9.17, 15) is 9.59 Å². The van der Waals surface area contributed by atoms with Crippen LogP contribution in [0.25, 0.3) is 16.8 Å². The predicted molar refractivity (Wildman–Crippen MR) is 90.5 cm³/mol. The molecule has 0 fully saturated rings. The summed E-state index contributed by atoms with van der Waals surface area (Å²) in [4.78, 5) is 26.3. The van der Waals surface area contributed by atoms with E-state index in [2.05, 4.69) is 4.98 Å². The van der Waals surface area contributed by atoms with E-state index >= 15 is 0 Å². The Kier molecular flexibility index (Phi) is 4.00. The van der Waals surface area contributed by atoms with Crippen molar-refractivity contribution in [3.8, 4) is 16.8 Å². The third-order valence-corrected chi connectivity index (χ3v) is 3.99. The van der Waals surface area contributed by atoms with Crippen LogP contribution in [0.5, 0.6) is 0 Å². The molecule has 0 aliphatic rings. The molecule has 5 heteroatoms. The van der Waals surface area contributed by atoms with E-state index in [0.717, 1.165) is 16.9 Å². The number of aromatic carboxylic acids is 1. The summed E-state index contributed by atoms with van der Waals surface area (Å²) in [6.07, 6.45) is 0. The molecule has 120 valence electrons. The van der Waals surface area contributed by atoms with Gasteiger partial charge < -0.3 is 5.11 Å². The molecular weight excluding hydrogens is 304 g/mol. The van der Waals surface area contributed by atoms with Gasteiger partial charge in [-0.05, 0) is 36.8 Å². The minimum atomic E-state index is -0.966. The summed E-state index contributed by atoms with van der Waals surface area (Å²) in [5.74, 6) is -0.285. The van der Waals surface area contributed by atoms with Gasteiger partial charge in [0.25, 0.3) is 5.82 Å². The summed E-state index contributed by atoms with van der Waals surface area (Å²) >= 11 is 0. The van der Waals surface area contributed by atoms with E-state index < -0.39 is 5.97 Å². The van der Waals surface area contributed by atoms with Crippen LogP contribution in [-0.2, 0) is 0 Å². The van der Waals surface area contributed by atoms with Crippen molar-refractivity contribution in [1.29, 1.82) is 0 Å². The van der Waals surface area contributed by atoms with Crippen LogP contribution in [0.15, 0.2) is 59.4 Å². The standard InChI is InChI=1S/C19H16N2O3/c1-12-17(14-6-4-3-5-7-14)18(22)20-13(2)21(12)16-10-8-15(9-11-16)19(23)24/h3-11H,1-2H3,(H,23,24)/p+1. The molecule has 3 aromatic rings. The van der Waals surface area contributed by atoms with Crippen molar-refractivity contribution < 1.29 is 14.5 Å². The molecule has 0 amide bonds. The summed E-state index contributed by atoms with van der Waals surface area (Å²) < 4.78 is 1.91. The van der Waals surface area contributed by atoms with Crippen molar-refractivity contribution in [1.82, 2.24) is 4.98 Å². The number of carboxylic acids is 1. The SMILES string of the molecule is Cc1[nH]c(=O)c(-c2ccccc2)c(C)[n+]1-c1ccc(C(=O)O)cc1. The maximum absolute atomic E-state index is 12.4. The first-order valence-electron chi connectivity index (χ1n) is 7.53. The fraction of sp³-hybridized carbons (Fsp3) is 0.105. The number of hydrogen-bond donors (Lipinski definition) is 2. The van der Waals surface area contributed by atoms with Gasteiger partial charge in [0.15, 0.2) is 0 Å². The van der Waals surface area contributed by atoms with Gasteiger partial charge in [-0.1, -0.05) is 30.3 Å². The van der Waals surface area contributed by atoms with E-state index in [0.29, 0.717) is 11.4 Å². The molecule has 0 saturated heterocycles. The number of hydrogen-bond acceptors (Lipinski definition) is 2. The molecular formula is C19H17N2O3+. The largest absolute Gasteiger partial charge is 0.478 e. The molecule has 3 rings (SSSR count). The minimum Gasteiger partial charge on any atom is -0.478 e. The molecule has 5 nitrogen and oxygen atoms in total. The summed E-state index contributed by atoms with van der Waals surface area (Å²) in [7, 11) is 0. The van der Waals surface area contributed by atoms with Crippen molar-refractivity contribution in [3.05, 3.63) is 82.0 Å². The van der Waals surface area contributed by atoms with Crippen molar-refractivity contribution in [2.45, 2.75) is 13.8 Å². The van der Waals surface area contributed by atoms with Gasteiger partial charge in [-0.2, -0.15) is 0 Å². The van der Waals surface area contributed by atoms with Crippen molar-refractivity contribution in [2.24, 2.45) is 0 Å². The number of carboxylic acid groups (broad SMARTS) is 1. The number of aromatic amines is 1. The second-order valence-corrected chi connectivity index (χ2v) is 5.55. The van der Waals surface area contributed by atoms with Gasteiger partial charge in [-0.25, -0.2) is 19.1 Å². The Hall–Kier alpha value is -3.21. The van der Waals surface area contributed by atoms with Crippen LogP contribution in [-0.4, -0.2) is 16.1 Å². The Morgan fingerprint density at radius 2 is 1.62 bits per heavy atom. The summed E-state index contributed by atoms with van der Waals surface area (Å²) in [5, 5.41) is 9.03. The van der Waals surface area contributed by atoms with Crippen molar-refractivity contribution in [2.75, 3.05) is 0 Å². The number of carbonyl (C=O) groups is 1. The molecule has 2 N–H and O–H groups in total. The fourth-order valence-corrected chi connectivity index (χ4v) is 2.90. The number of benzene rings is 2. The van der Waals surface area contributed by atoms with E-state index in [4.69, 9.17) is 5.11 Å². The van der Waals surface area contributed by atoms with Crippen LogP contribution >= 0.6 is 0 Å². The molecule has 2 aromatic carbocycles. The molecule has 1 heterocycles. The summed E-state index contributed by atoms with van der Waals surface area (Å²) in [6.45, 7) is 3.70. The lowest BCUT2D eigenvalue weighted by Crippen LogP contribution is -2.42. The monoisotopic (exact) mass is 321 g/mol. The first kappa shape index (κ1) is 15.7. The van der Waals surface area contributed by atoms with Gasteiger partial charge in [0.2, 0.25) is 0 Å². The normalized spacial score (nSPS) is 10.6. The fourth-order valence-electron chi connectivity index (χ4n) is 2.90. The predicted octanol–water partition coefficient (Wildman–Crippen LogP) is 2.63. The minimum absolute atomic E-state index is 0.144. The first-order valence-corrected chi connectivity index (χ1v) is 7.53. The highest BCUT2D eigenvalue weighted by molar-refractivity contribution is 5.87. The van der Waals surface area contributed by atoms with Crippen LogP contribution in [0.2, 0.25) is 0 Å². The molecule has 1 aromatic heterocycles. The average molecular weight is 321 g/mol.